The van der Waals surface area contributed by atoms with Crippen molar-refractivity contribution in [3.05, 3.63) is 137 Å². The largest absolute Gasteiger partial charge is 0.496 e. The first-order valence-electron chi connectivity index (χ1n) is 17.2. The Kier molecular flexibility index (Phi) is 13.5. The maximum absolute atomic E-state index is 12.9. The highest BCUT2D eigenvalue weighted by atomic mass is 16.6. The molecule has 0 radical (unpaired) electrons. The smallest absolute Gasteiger partial charge is 0.347 e. The molecule has 5 aromatic rings. The molecule has 1 unspecified atom stereocenters. The van der Waals surface area contributed by atoms with Gasteiger partial charge in [-0.15, -0.1) is 0 Å². The van der Waals surface area contributed by atoms with Gasteiger partial charge in [0.25, 0.3) is 0 Å². The molecule has 0 bridgehead atoms. The van der Waals surface area contributed by atoms with Crippen molar-refractivity contribution in [2.45, 2.75) is 33.3 Å². The Bertz CT molecular complexity index is 2190. The number of methoxy groups -OCH3 is 2. The summed E-state index contributed by atoms with van der Waals surface area (Å²) < 4.78 is 43.2. The quantitative estimate of drug-likeness (QED) is 0.0758. The zero-order chi connectivity index (χ0) is 40.2. The SMILES string of the molecule is COc1cc(OCCC(C)OC)ccc1C(=O)Oc1ccc(C(=O)Oc2ccc(C(=O)Oc3ccc(OC(=O)c4ccc(OC(C)=O)cc4)c(C)c3)cc2)cc1. The van der Waals surface area contributed by atoms with Crippen molar-refractivity contribution in [2.75, 3.05) is 20.8 Å². The molecule has 0 fully saturated rings. The lowest BCUT2D eigenvalue weighted by Crippen LogP contribution is -2.12. The van der Waals surface area contributed by atoms with Crippen LogP contribution in [0.25, 0.3) is 0 Å². The predicted molar refractivity (Wildman–Crippen MR) is 201 cm³/mol. The van der Waals surface area contributed by atoms with Crippen LogP contribution in [-0.4, -0.2) is 56.8 Å². The molecule has 0 saturated carbocycles. The fourth-order valence-electron chi connectivity index (χ4n) is 4.99. The number of hydrogen-bond donors (Lipinski definition) is 0. The van der Waals surface area contributed by atoms with Crippen LogP contribution in [0, 0.1) is 6.92 Å². The van der Waals surface area contributed by atoms with Crippen LogP contribution in [0.15, 0.2) is 109 Å². The van der Waals surface area contributed by atoms with E-state index < -0.39 is 29.8 Å². The van der Waals surface area contributed by atoms with Gasteiger partial charge in [0.2, 0.25) is 0 Å². The highest BCUT2D eigenvalue weighted by molar-refractivity contribution is 5.95. The van der Waals surface area contributed by atoms with Crippen LogP contribution in [0.4, 0.5) is 0 Å². The monoisotopic (exact) mass is 762 g/mol. The normalized spacial score (nSPS) is 11.1. The molecule has 13 heteroatoms. The number of hydrogen-bond acceptors (Lipinski definition) is 13. The van der Waals surface area contributed by atoms with Gasteiger partial charge in [-0.05, 0) is 123 Å². The zero-order valence-corrected chi connectivity index (χ0v) is 31.2. The molecule has 0 aromatic heterocycles. The molecule has 13 nitrogen and oxygen atoms in total. The van der Waals surface area contributed by atoms with Crippen molar-refractivity contribution in [2.24, 2.45) is 0 Å². The van der Waals surface area contributed by atoms with Gasteiger partial charge in [-0.25, -0.2) is 19.2 Å². The number of esters is 5. The van der Waals surface area contributed by atoms with Crippen LogP contribution < -0.4 is 33.2 Å². The maximum atomic E-state index is 12.9. The highest BCUT2D eigenvalue weighted by Crippen LogP contribution is 2.28. The molecule has 0 N–H and O–H groups in total. The van der Waals surface area contributed by atoms with E-state index in [1.54, 1.807) is 38.3 Å². The van der Waals surface area contributed by atoms with E-state index in [2.05, 4.69) is 0 Å². The number of carbonyl (C=O) groups excluding carboxylic acids is 5. The van der Waals surface area contributed by atoms with Crippen molar-refractivity contribution in [3.63, 3.8) is 0 Å². The Morgan fingerprint density at radius 3 is 1.48 bits per heavy atom. The van der Waals surface area contributed by atoms with Gasteiger partial charge in [-0.2, -0.15) is 0 Å². The third-order valence-electron chi connectivity index (χ3n) is 8.10. The lowest BCUT2D eigenvalue weighted by Gasteiger charge is -2.13. The van der Waals surface area contributed by atoms with Gasteiger partial charge < -0.3 is 37.9 Å². The molecule has 0 spiro atoms. The third kappa shape index (κ3) is 11.0. The molecule has 0 heterocycles. The lowest BCUT2D eigenvalue weighted by atomic mass is 10.2. The van der Waals surface area contributed by atoms with Crippen LogP contribution in [0.3, 0.4) is 0 Å². The Morgan fingerprint density at radius 2 is 0.982 bits per heavy atom. The van der Waals surface area contributed by atoms with Gasteiger partial charge in [-0.1, -0.05) is 0 Å². The molecule has 5 rings (SSSR count). The standard InChI is InChI=1S/C43H38O13/c1-26-24-36(19-21-38(26)56-42(47)31-6-12-32(13-7-31)52-28(3)44)55-41(46)30-8-14-33(15-9-30)53-40(45)29-10-16-34(17-11-29)54-43(48)37-20-18-35(25-39(37)50-5)51-23-22-27(2)49-4/h6-21,24-25,27H,22-23H2,1-5H3. The molecule has 5 aromatic carbocycles. The third-order valence-corrected chi connectivity index (χ3v) is 8.10. The van der Waals surface area contributed by atoms with Crippen LogP contribution >= 0.6 is 0 Å². The number of ether oxygens (including phenoxy) is 8. The van der Waals surface area contributed by atoms with E-state index in [4.69, 9.17) is 37.9 Å². The first kappa shape index (κ1) is 40.2. The first-order valence-corrected chi connectivity index (χ1v) is 17.2. The van der Waals surface area contributed by atoms with Crippen LogP contribution in [0.2, 0.25) is 0 Å². The van der Waals surface area contributed by atoms with E-state index in [-0.39, 0.29) is 57.1 Å². The zero-order valence-electron chi connectivity index (χ0n) is 31.2. The van der Waals surface area contributed by atoms with Crippen LogP contribution in [0.1, 0.15) is 67.3 Å². The summed E-state index contributed by atoms with van der Waals surface area (Å²) in [5.74, 6) is -1.14. The minimum Gasteiger partial charge on any atom is -0.496 e. The van der Waals surface area contributed by atoms with Crippen molar-refractivity contribution >= 4 is 29.8 Å². The predicted octanol–water partition coefficient (Wildman–Crippen LogP) is 7.61. The molecule has 0 amide bonds. The number of rotatable bonds is 15. The van der Waals surface area contributed by atoms with Crippen LogP contribution in [0.5, 0.6) is 40.2 Å². The summed E-state index contributed by atoms with van der Waals surface area (Å²) in [5.41, 5.74) is 1.36. The maximum Gasteiger partial charge on any atom is 0.347 e. The van der Waals surface area contributed by atoms with E-state index in [0.29, 0.717) is 30.1 Å². The fourth-order valence-corrected chi connectivity index (χ4v) is 4.99. The van der Waals surface area contributed by atoms with E-state index in [1.807, 2.05) is 6.92 Å². The Balaban J connectivity index is 1.11. The highest BCUT2D eigenvalue weighted by Gasteiger charge is 2.18. The molecule has 0 aliphatic carbocycles. The second-order valence-corrected chi connectivity index (χ2v) is 12.2. The summed E-state index contributed by atoms with van der Waals surface area (Å²) >= 11 is 0. The fraction of sp³-hybridized carbons (Fsp3) is 0.186. The minimum atomic E-state index is -0.675. The van der Waals surface area contributed by atoms with Crippen LogP contribution in [-0.2, 0) is 9.53 Å². The summed E-state index contributed by atoms with van der Waals surface area (Å²) in [7, 11) is 3.07. The van der Waals surface area contributed by atoms with E-state index in [9.17, 15) is 24.0 Å². The number of benzene rings is 5. The summed E-state index contributed by atoms with van der Waals surface area (Å²) in [4.78, 5) is 62.3. The molecule has 0 aliphatic heterocycles. The molecule has 288 valence electrons. The van der Waals surface area contributed by atoms with E-state index >= 15 is 0 Å². The van der Waals surface area contributed by atoms with Gasteiger partial charge in [0, 0.05) is 26.5 Å². The summed E-state index contributed by atoms with van der Waals surface area (Å²) in [6.07, 6.45) is 0.740. The minimum absolute atomic E-state index is 0.0472. The van der Waals surface area contributed by atoms with Crippen molar-refractivity contribution < 1.29 is 61.9 Å². The van der Waals surface area contributed by atoms with Crippen molar-refractivity contribution in [3.8, 4) is 40.2 Å². The second-order valence-electron chi connectivity index (χ2n) is 12.2. The molecular formula is C43H38O13. The lowest BCUT2D eigenvalue weighted by molar-refractivity contribution is -0.131. The Hall–Kier alpha value is -6.99. The Morgan fingerprint density at radius 1 is 0.518 bits per heavy atom. The molecule has 0 aliphatic rings. The molecular weight excluding hydrogens is 724 g/mol. The average molecular weight is 763 g/mol. The number of aryl methyl sites for hydroxylation is 1. The second kappa shape index (κ2) is 18.9. The van der Waals surface area contributed by atoms with Crippen molar-refractivity contribution in [1.82, 2.24) is 0 Å². The van der Waals surface area contributed by atoms with Gasteiger partial charge in [0.1, 0.15) is 45.8 Å². The van der Waals surface area contributed by atoms with Gasteiger partial charge in [-0.3, -0.25) is 4.79 Å². The Labute approximate surface area is 322 Å². The molecule has 0 saturated heterocycles. The van der Waals surface area contributed by atoms with Gasteiger partial charge in [0.05, 0.1) is 36.5 Å². The molecule has 56 heavy (non-hydrogen) atoms. The van der Waals surface area contributed by atoms with Crippen molar-refractivity contribution in [1.29, 1.82) is 0 Å². The van der Waals surface area contributed by atoms with Gasteiger partial charge >= 0.3 is 29.8 Å². The first-order chi connectivity index (χ1) is 26.9. The topological polar surface area (TPSA) is 159 Å². The summed E-state index contributed by atoms with van der Waals surface area (Å²) in [6.45, 7) is 5.33. The summed E-state index contributed by atoms with van der Waals surface area (Å²) in [6, 6.07) is 26.8. The van der Waals surface area contributed by atoms with E-state index in [0.717, 1.165) is 0 Å². The molecule has 1 atom stereocenters. The number of carbonyl (C=O) groups is 5. The van der Waals surface area contributed by atoms with E-state index in [1.165, 1.54) is 99.0 Å². The summed E-state index contributed by atoms with van der Waals surface area (Å²) in [5, 5.41) is 0. The average Bonchev–Trinajstić information content (AvgIpc) is 3.19. The van der Waals surface area contributed by atoms with Gasteiger partial charge in [0.15, 0.2) is 0 Å².